The Labute approximate surface area is 170 Å². The van der Waals surface area contributed by atoms with Crippen molar-refractivity contribution in [2.45, 2.75) is 44.2 Å². The number of unbranched alkanes of at least 4 members (excludes halogenated alkanes) is 2. The van der Waals surface area contributed by atoms with Gasteiger partial charge in [0.05, 0.1) is 17.8 Å². The van der Waals surface area contributed by atoms with Crippen LogP contribution in [0.1, 0.15) is 31.4 Å². The lowest BCUT2D eigenvalue weighted by Gasteiger charge is -2.21. The fourth-order valence-electron chi connectivity index (χ4n) is 3.41. The van der Waals surface area contributed by atoms with Crippen molar-refractivity contribution in [2.75, 3.05) is 20.1 Å². The van der Waals surface area contributed by atoms with Crippen LogP contribution in [0.2, 0.25) is 0 Å². The number of halogens is 2. The van der Waals surface area contributed by atoms with E-state index in [0.29, 0.717) is 19.5 Å². The molecule has 0 bridgehead atoms. The van der Waals surface area contributed by atoms with Crippen LogP contribution in [0.5, 0.6) is 0 Å². The molecule has 1 aliphatic heterocycles. The largest absolute Gasteiger partial charge is 0.392 e. The van der Waals surface area contributed by atoms with E-state index < -0.39 is 6.10 Å². The first-order chi connectivity index (χ1) is 13.0. The monoisotopic (exact) mass is 410 g/mol. The van der Waals surface area contributed by atoms with Gasteiger partial charge in [-0.2, -0.15) is 5.10 Å². The van der Waals surface area contributed by atoms with E-state index in [-0.39, 0.29) is 30.2 Å². The van der Waals surface area contributed by atoms with Gasteiger partial charge in [-0.15, -0.1) is 12.4 Å². The molecule has 1 amide bonds. The zero-order valence-corrected chi connectivity index (χ0v) is 16.8. The lowest BCUT2D eigenvalue weighted by atomic mass is 10.1. The number of carbonyl (C=O) groups is 1. The first-order valence-corrected chi connectivity index (χ1v) is 9.49. The molecule has 0 saturated carbocycles. The van der Waals surface area contributed by atoms with Crippen molar-refractivity contribution in [2.24, 2.45) is 0 Å². The SMILES string of the molecule is CN(CCCCCc1cc(-c2cccc(F)c2)n[nH]1)C(=O)C1CC(O)CN1.Cl. The highest BCUT2D eigenvalue weighted by Crippen LogP contribution is 2.19. The van der Waals surface area contributed by atoms with Crippen molar-refractivity contribution in [1.82, 2.24) is 20.4 Å². The molecule has 2 heterocycles. The maximum absolute atomic E-state index is 13.3. The zero-order valence-electron chi connectivity index (χ0n) is 16.0. The van der Waals surface area contributed by atoms with Crippen LogP contribution in [-0.2, 0) is 11.2 Å². The fourth-order valence-corrected chi connectivity index (χ4v) is 3.41. The van der Waals surface area contributed by atoms with Gasteiger partial charge in [0.15, 0.2) is 0 Å². The molecule has 0 spiro atoms. The van der Waals surface area contributed by atoms with E-state index in [9.17, 15) is 14.3 Å². The predicted octanol–water partition coefficient (Wildman–Crippen LogP) is 2.53. The average molecular weight is 411 g/mol. The van der Waals surface area contributed by atoms with Crippen molar-refractivity contribution >= 4 is 18.3 Å². The summed E-state index contributed by atoms with van der Waals surface area (Å²) in [5.41, 5.74) is 2.55. The highest BCUT2D eigenvalue weighted by atomic mass is 35.5. The highest BCUT2D eigenvalue weighted by Gasteiger charge is 2.29. The van der Waals surface area contributed by atoms with Gasteiger partial charge < -0.3 is 15.3 Å². The Balaban J connectivity index is 0.00000280. The molecule has 0 radical (unpaired) electrons. The molecule has 3 N–H and O–H groups in total. The number of rotatable bonds is 8. The lowest BCUT2D eigenvalue weighted by Crippen LogP contribution is -2.41. The molecule has 6 nitrogen and oxygen atoms in total. The maximum Gasteiger partial charge on any atom is 0.239 e. The lowest BCUT2D eigenvalue weighted by molar-refractivity contribution is -0.132. The number of aromatic amines is 1. The highest BCUT2D eigenvalue weighted by molar-refractivity contribution is 5.85. The second-order valence-corrected chi connectivity index (χ2v) is 7.21. The van der Waals surface area contributed by atoms with Crippen LogP contribution in [0.25, 0.3) is 11.3 Å². The summed E-state index contributed by atoms with van der Waals surface area (Å²) in [5.74, 6) is -0.210. The van der Waals surface area contributed by atoms with E-state index in [1.165, 1.54) is 12.1 Å². The summed E-state index contributed by atoms with van der Waals surface area (Å²) >= 11 is 0. The van der Waals surface area contributed by atoms with Crippen molar-refractivity contribution in [3.8, 4) is 11.3 Å². The van der Waals surface area contributed by atoms with E-state index in [4.69, 9.17) is 0 Å². The quantitative estimate of drug-likeness (QED) is 0.584. The van der Waals surface area contributed by atoms with Crippen LogP contribution in [0.3, 0.4) is 0 Å². The van der Waals surface area contributed by atoms with Crippen LogP contribution < -0.4 is 5.32 Å². The first-order valence-electron chi connectivity index (χ1n) is 9.49. The minimum atomic E-state index is -0.418. The van der Waals surface area contributed by atoms with Gasteiger partial charge in [0, 0.05) is 31.4 Å². The summed E-state index contributed by atoms with van der Waals surface area (Å²) < 4.78 is 13.3. The minimum absolute atomic E-state index is 0. The molecular weight excluding hydrogens is 383 g/mol. The Morgan fingerprint density at radius 3 is 2.86 bits per heavy atom. The number of aliphatic hydroxyl groups is 1. The van der Waals surface area contributed by atoms with E-state index in [2.05, 4.69) is 15.5 Å². The number of aliphatic hydroxyl groups excluding tert-OH is 1. The number of aromatic nitrogens is 2. The predicted molar refractivity (Wildman–Crippen MR) is 109 cm³/mol. The molecule has 2 aromatic rings. The Bertz CT molecular complexity index is 770. The summed E-state index contributed by atoms with van der Waals surface area (Å²) in [6.45, 7) is 1.21. The molecule has 8 heteroatoms. The Morgan fingerprint density at radius 2 is 2.14 bits per heavy atom. The van der Waals surface area contributed by atoms with Gasteiger partial charge in [-0.1, -0.05) is 18.6 Å². The number of likely N-dealkylation sites (N-methyl/N-ethyl adjacent to an activating group) is 1. The molecule has 2 atom stereocenters. The maximum atomic E-state index is 13.3. The smallest absolute Gasteiger partial charge is 0.239 e. The third-order valence-electron chi connectivity index (χ3n) is 4.97. The van der Waals surface area contributed by atoms with Crippen LogP contribution in [0.15, 0.2) is 30.3 Å². The number of nitrogens with one attached hydrogen (secondary N) is 2. The summed E-state index contributed by atoms with van der Waals surface area (Å²) in [4.78, 5) is 14.0. The van der Waals surface area contributed by atoms with Crippen molar-refractivity contribution in [3.63, 3.8) is 0 Å². The van der Waals surface area contributed by atoms with Gasteiger partial charge in [-0.3, -0.25) is 9.89 Å². The number of carbonyl (C=O) groups excluding carboxylic acids is 1. The van der Waals surface area contributed by atoms with E-state index in [1.807, 2.05) is 19.2 Å². The molecule has 28 heavy (non-hydrogen) atoms. The third kappa shape index (κ3) is 6.02. The van der Waals surface area contributed by atoms with Crippen LogP contribution >= 0.6 is 12.4 Å². The standard InChI is InChI=1S/C20H27FN4O2.ClH/c1-25(20(27)19-12-17(26)13-22-19)9-4-2-3-8-16-11-18(24-23-16)14-6-5-7-15(21)10-14;/h5-7,10-11,17,19,22,26H,2-4,8-9,12-13H2,1H3,(H,23,24);1H. The van der Waals surface area contributed by atoms with Gasteiger partial charge in [-0.05, 0) is 43.9 Å². The van der Waals surface area contributed by atoms with Crippen LogP contribution in [-0.4, -0.2) is 58.4 Å². The number of hydrogen-bond acceptors (Lipinski definition) is 4. The topological polar surface area (TPSA) is 81.2 Å². The second kappa shape index (κ2) is 10.5. The second-order valence-electron chi connectivity index (χ2n) is 7.21. The fraction of sp³-hybridized carbons (Fsp3) is 0.500. The molecule has 0 aliphatic carbocycles. The summed E-state index contributed by atoms with van der Waals surface area (Å²) in [7, 11) is 1.81. The molecule has 2 unspecified atom stereocenters. The third-order valence-corrected chi connectivity index (χ3v) is 4.97. The minimum Gasteiger partial charge on any atom is -0.392 e. The Hall–Kier alpha value is -1.96. The zero-order chi connectivity index (χ0) is 19.2. The van der Waals surface area contributed by atoms with Crippen molar-refractivity contribution in [1.29, 1.82) is 0 Å². The van der Waals surface area contributed by atoms with Crippen LogP contribution in [0.4, 0.5) is 4.39 Å². The van der Waals surface area contributed by atoms with Gasteiger partial charge in [0.25, 0.3) is 0 Å². The Morgan fingerprint density at radius 1 is 1.32 bits per heavy atom. The van der Waals surface area contributed by atoms with E-state index in [1.54, 1.807) is 11.0 Å². The van der Waals surface area contributed by atoms with Gasteiger partial charge in [0.1, 0.15) is 5.82 Å². The molecule has 1 aromatic carbocycles. The number of benzene rings is 1. The van der Waals surface area contributed by atoms with E-state index in [0.717, 1.165) is 42.6 Å². The number of amides is 1. The summed E-state index contributed by atoms with van der Waals surface area (Å²) in [5, 5.41) is 19.8. The molecule has 154 valence electrons. The van der Waals surface area contributed by atoms with Crippen molar-refractivity contribution in [3.05, 3.63) is 41.8 Å². The molecular formula is C20H28ClFN4O2. The number of nitrogens with zero attached hydrogens (tertiary/aromatic N) is 2. The van der Waals surface area contributed by atoms with Gasteiger partial charge in [-0.25, -0.2) is 4.39 Å². The van der Waals surface area contributed by atoms with Gasteiger partial charge in [0.2, 0.25) is 5.91 Å². The summed E-state index contributed by atoms with van der Waals surface area (Å²) in [6.07, 6.45) is 3.88. The van der Waals surface area contributed by atoms with Crippen LogP contribution in [0, 0.1) is 5.82 Å². The number of hydrogen-bond donors (Lipinski definition) is 3. The normalized spacial score (nSPS) is 18.7. The van der Waals surface area contributed by atoms with E-state index >= 15 is 0 Å². The first kappa shape index (κ1) is 22.3. The Kier molecular flexibility index (Phi) is 8.41. The summed E-state index contributed by atoms with van der Waals surface area (Å²) in [6, 6.07) is 8.12. The average Bonchev–Trinajstić information content (AvgIpc) is 3.30. The molecule has 1 fully saturated rings. The molecule has 3 rings (SSSR count). The number of H-pyrrole nitrogens is 1. The molecule has 1 saturated heterocycles. The number of β-amino-alcohol motifs (C(OH)–C–C–N with tert-alkyl or cyclic N) is 1. The van der Waals surface area contributed by atoms with Crippen molar-refractivity contribution < 1.29 is 14.3 Å². The number of aryl methyl sites for hydroxylation is 1. The molecule has 1 aromatic heterocycles. The molecule has 1 aliphatic rings. The van der Waals surface area contributed by atoms with Gasteiger partial charge >= 0.3 is 0 Å².